The fourth-order valence-corrected chi connectivity index (χ4v) is 2.03. The summed E-state index contributed by atoms with van der Waals surface area (Å²) >= 11 is 0. The zero-order valence-corrected chi connectivity index (χ0v) is 10.3. The van der Waals surface area contributed by atoms with Crippen LogP contribution in [0.15, 0.2) is 0 Å². The van der Waals surface area contributed by atoms with E-state index in [4.69, 9.17) is 10.5 Å². The summed E-state index contributed by atoms with van der Waals surface area (Å²) in [6, 6.07) is 0. The first kappa shape index (κ1) is 13.9. The van der Waals surface area contributed by atoms with Gasteiger partial charge in [-0.2, -0.15) is 0 Å². The van der Waals surface area contributed by atoms with Gasteiger partial charge in [0.2, 0.25) is 5.91 Å². The number of carbonyl (C=O) groups excluding carboxylic acids is 2. The highest BCUT2D eigenvalue weighted by Gasteiger charge is 2.27. The Kier molecular flexibility index (Phi) is 5.93. The Morgan fingerprint density at radius 2 is 2.29 bits per heavy atom. The average Bonchev–Trinajstić information content (AvgIpc) is 2.35. The number of methoxy groups -OCH3 is 1. The van der Waals surface area contributed by atoms with E-state index in [1.165, 1.54) is 7.11 Å². The highest BCUT2D eigenvalue weighted by Crippen LogP contribution is 2.17. The molecule has 1 aliphatic rings. The normalized spacial score (nSPS) is 20.9. The number of esters is 1. The van der Waals surface area contributed by atoms with Crippen molar-refractivity contribution in [2.45, 2.75) is 12.8 Å². The van der Waals surface area contributed by atoms with Crippen molar-refractivity contribution in [1.29, 1.82) is 0 Å². The van der Waals surface area contributed by atoms with Crippen LogP contribution >= 0.6 is 0 Å². The predicted octanol–water partition coefficient (Wildman–Crippen LogP) is -1.05. The van der Waals surface area contributed by atoms with Crippen molar-refractivity contribution in [2.24, 2.45) is 11.7 Å². The van der Waals surface area contributed by atoms with Crippen molar-refractivity contribution in [1.82, 2.24) is 10.2 Å². The Hall–Kier alpha value is -1.14. The number of hydrogen-bond donors (Lipinski definition) is 2. The van der Waals surface area contributed by atoms with Gasteiger partial charge < -0.3 is 15.8 Å². The molecule has 1 heterocycles. The van der Waals surface area contributed by atoms with E-state index < -0.39 is 0 Å². The molecule has 0 aromatic carbocycles. The Bertz CT molecular complexity index is 271. The molecule has 1 amide bonds. The topological polar surface area (TPSA) is 84.7 Å². The molecule has 0 radical (unpaired) electrons. The Morgan fingerprint density at radius 1 is 1.53 bits per heavy atom. The molecule has 98 valence electrons. The number of rotatable bonds is 5. The van der Waals surface area contributed by atoms with Crippen molar-refractivity contribution in [3.8, 4) is 0 Å². The molecule has 0 spiro atoms. The molecule has 0 bridgehead atoms. The molecule has 0 aromatic heterocycles. The average molecular weight is 243 g/mol. The van der Waals surface area contributed by atoms with Crippen LogP contribution in [0.25, 0.3) is 0 Å². The maximum absolute atomic E-state index is 11.5. The molecule has 0 saturated carbocycles. The molecule has 1 atom stereocenters. The first-order valence-corrected chi connectivity index (χ1v) is 5.94. The third kappa shape index (κ3) is 4.70. The summed E-state index contributed by atoms with van der Waals surface area (Å²) in [4.78, 5) is 24.9. The zero-order chi connectivity index (χ0) is 12.7. The van der Waals surface area contributed by atoms with Gasteiger partial charge in [-0.05, 0) is 19.4 Å². The predicted molar refractivity (Wildman–Crippen MR) is 63.2 cm³/mol. The maximum atomic E-state index is 11.5. The molecule has 1 saturated heterocycles. The van der Waals surface area contributed by atoms with Gasteiger partial charge in [0.25, 0.3) is 0 Å². The lowest BCUT2D eigenvalue weighted by atomic mass is 9.98. The van der Waals surface area contributed by atoms with Crippen LogP contribution in [0.1, 0.15) is 12.8 Å². The molecule has 6 nitrogen and oxygen atoms in total. The van der Waals surface area contributed by atoms with Gasteiger partial charge in [-0.15, -0.1) is 0 Å². The molecule has 0 aliphatic carbocycles. The molecule has 1 aliphatic heterocycles. The summed E-state index contributed by atoms with van der Waals surface area (Å²) in [6.07, 6.45) is 1.76. The first-order chi connectivity index (χ1) is 8.17. The van der Waals surface area contributed by atoms with Crippen LogP contribution in [-0.2, 0) is 14.3 Å². The fraction of sp³-hybridized carbons (Fsp3) is 0.818. The molecule has 1 fully saturated rings. The summed E-state index contributed by atoms with van der Waals surface area (Å²) < 4.78 is 4.73. The standard InChI is InChI=1S/C11H21N3O3/c1-17-11(16)9-3-2-6-14(7-9)8-10(15)13-5-4-12/h9H,2-8,12H2,1H3,(H,13,15). The molecule has 3 N–H and O–H groups in total. The van der Waals surface area contributed by atoms with Gasteiger partial charge in [0.15, 0.2) is 0 Å². The Morgan fingerprint density at radius 3 is 2.94 bits per heavy atom. The van der Waals surface area contributed by atoms with E-state index in [9.17, 15) is 9.59 Å². The third-order valence-corrected chi connectivity index (χ3v) is 2.87. The van der Waals surface area contributed by atoms with E-state index in [0.717, 1.165) is 19.4 Å². The number of amides is 1. The Balaban J connectivity index is 2.34. The minimum Gasteiger partial charge on any atom is -0.469 e. The summed E-state index contributed by atoms with van der Waals surface area (Å²) in [5.74, 6) is -0.325. The second-order valence-corrected chi connectivity index (χ2v) is 4.24. The summed E-state index contributed by atoms with van der Waals surface area (Å²) in [5, 5.41) is 2.72. The maximum Gasteiger partial charge on any atom is 0.309 e. The number of carbonyl (C=O) groups is 2. The van der Waals surface area contributed by atoms with Crippen molar-refractivity contribution >= 4 is 11.9 Å². The summed E-state index contributed by atoms with van der Waals surface area (Å²) in [6.45, 7) is 2.71. The zero-order valence-electron chi connectivity index (χ0n) is 10.3. The van der Waals surface area contributed by atoms with Crippen molar-refractivity contribution in [3.05, 3.63) is 0 Å². The minimum absolute atomic E-state index is 0.0408. The summed E-state index contributed by atoms with van der Waals surface area (Å²) in [5.41, 5.74) is 5.30. The smallest absolute Gasteiger partial charge is 0.309 e. The van der Waals surface area contributed by atoms with Gasteiger partial charge in [-0.1, -0.05) is 0 Å². The number of likely N-dealkylation sites (tertiary alicyclic amines) is 1. The second kappa shape index (κ2) is 7.24. The molecule has 6 heteroatoms. The molecule has 17 heavy (non-hydrogen) atoms. The number of nitrogens with two attached hydrogens (primary N) is 1. The second-order valence-electron chi connectivity index (χ2n) is 4.24. The number of nitrogens with one attached hydrogen (secondary N) is 1. The van der Waals surface area contributed by atoms with Crippen LogP contribution < -0.4 is 11.1 Å². The molecule has 0 aromatic rings. The van der Waals surface area contributed by atoms with E-state index >= 15 is 0 Å². The highest BCUT2D eigenvalue weighted by atomic mass is 16.5. The third-order valence-electron chi connectivity index (χ3n) is 2.87. The van der Waals surface area contributed by atoms with Gasteiger partial charge in [-0.25, -0.2) is 0 Å². The van der Waals surface area contributed by atoms with Crippen molar-refractivity contribution in [2.75, 3.05) is 39.8 Å². The van der Waals surface area contributed by atoms with Crippen molar-refractivity contribution < 1.29 is 14.3 Å². The minimum atomic E-state index is -0.183. The van der Waals surface area contributed by atoms with E-state index in [2.05, 4.69) is 5.32 Å². The van der Waals surface area contributed by atoms with E-state index in [1.807, 2.05) is 4.90 Å². The van der Waals surface area contributed by atoms with E-state index in [0.29, 0.717) is 26.2 Å². The van der Waals surface area contributed by atoms with Gasteiger partial charge >= 0.3 is 5.97 Å². The SMILES string of the molecule is COC(=O)C1CCCN(CC(=O)NCCN)C1. The van der Waals surface area contributed by atoms with Crippen LogP contribution in [0.5, 0.6) is 0 Å². The van der Waals surface area contributed by atoms with Gasteiger partial charge in [0.1, 0.15) is 0 Å². The molecule has 1 unspecified atom stereocenters. The van der Waals surface area contributed by atoms with Crippen LogP contribution in [0.2, 0.25) is 0 Å². The molecule has 1 rings (SSSR count). The van der Waals surface area contributed by atoms with Gasteiger partial charge in [0, 0.05) is 19.6 Å². The lowest BCUT2D eigenvalue weighted by Crippen LogP contribution is -2.45. The number of nitrogens with zero attached hydrogens (tertiary/aromatic N) is 1. The van der Waals surface area contributed by atoms with Crippen LogP contribution in [-0.4, -0.2) is 56.6 Å². The van der Waals surface area contributed by atoms with Crippen LogP contribution in [0, 0.1) is 5.92 Å². The fourth-order valence-electron chi connectivity index (χ4n) is 2.03. The molecular weight excluding hydrogens is 222 g/mol. The number of ether oxygens (including phenoxy) is 1. The number of piperidine rings is 1. The van der Waals surface area contributed by atoms with E-state index in [-0.39, 0.29) is 17.8 Å². The largest absolute Gasteiger partial charge is 0.469 e. The Labute approximate surface area is 101 Å². The first-order valence-electron chi connectivity index (χ1n) is 5.94. The lowest BCUT2D eigenvalue weighted by Gasteiger charge is -2.30. The quantitative estimate of drug-likeness (QED) is 0.602. The lowest BCUT2D eigenvalue weighted by molar-refractivity contribution is -0.147. The van der Waals surface area contributed by atoms with Crippen molar-refractivity contribution in [3.63, 3.8) is 0 Å². The van der Waals surface area contributed by atoms with Gasteiger partial charge in [0.05, 0.1) is 19.6 Å². The highest BCUT2D eigenvalue weighted by molar-refractivity contribution is 5.78. The van der Waals surface area contributed by atoms with Gasteiger partial charge in [-0.3, -0.25) is 14.5 Å². The summed E-state index contributed by atoms with van der Waals surface area (Å²) in [7, 11) is 1.40. The van der Waals surface area contributed by atoms with Crippen LogP contribution in [0.3, 0.4) is 0 Å². The van der Waals surface area contributed by atoms with Crippen LogP contribution in [0.4, 0.5) is 0 Å². The number of hydrogen-bond acceptors (Lipinski definition) is 5. The molecular formula is C11H21N3O3. The monoisotopic (exact) mass is 243 g/mol. The van der Waals surface area contributed by atoms with E-state index in [1.54, 1.807) is 0 Å².